The van der Waals surface area contributed by atoms with Crippen LogP contribution < -0.4 is 5.32 Å². The van der Waals surface area contributed by atoms with E-state index in [4.69, 9.17) is 4.98 Å². The van der Waals surface area contributed by atoms with Gasteiger partial charge in [-0.2, -0.15) is 0 Å². The largest absolute Gasteiger partial charge is 0.303 e. The third-order valence-electron chi connectivity index (χ3n) is 5.25. The fourth-order valence-corrected chi connectivity index (χ4v) is 5.61. The van der Waals surface area contributed by atoms with Crippen LogP contribution in [0.2, 0.25) is 0 Å². The second kappa shape index (κ2) is 5.10. The fraction of sp³-hybridized carbons (Fsp3) is 0.824. The average Bonchev–Trinajstić information content (AvgIpc) is 2.91. The molecule has 0 aromatic carbocycles. The lowest BCUT2D eigenvalue weighted by Gasteiger charge is -2.50. The maximum absolute atomic E-state index is 5.09. The molecule has 1 saturated carbocycles. The SMILES string of the molecule is CC(C)NC1(c2nc3c(s2)CCC3)CCCCC1(C)C. The Morgan fingerprint density at radius 2 is 1.85 bits per heavy atom. The molecule has 0 saturated heterocycles. The van der Waals surface area contributed by atoms with Crippen molar-refractivity contribution in [2.75, 3.05) is 0 Å². The molecule has 1 aromatic rings. The highest BCUT2D eigenvalue weighted by Gasteiger charge is 2.50. The van der Waals surface area contributed by atoms with Gasteiger partial charge in [0.25, 0.3) is 0 Å². The van der Waals surface area contributed by atoms with Crippen molar-refractivity contribution in [3.05, 3.63) is 15.6 Å². The van der Waals surface area contributed by atoms with Crippen molar-refractivity contribution in [3.8, 4) is 0 Å². The molecular weight excluding hydrogens is 264 g/mol. The van der Waals surface area contributed by atoms with Gasteiger partial charge < -0.3 is 5.32 Å². The molecule has 1 heterocycles. The highest BCUT2D eigenvalue weighted by atomic mass is 32.1. The van der Waals surface area contributed by atoms with Gasteiger partial charge in [0.1, 0.15) is 5.01 Å². The molecule has 3 rings (SSSR count). The molecule has 1 unspecified atom stereocenters. The maximum atomic E-state index is 5.09. The summed E-state index contributed by atoms with van der Waals surface area (Å²) < 4.78 is 0. The van der Waals surface area contributed by atoms with E-state index in [1.165, 1.54) is 55.6 Å². The van der Waals surface area contributed by atoms with Crippen molar-refractivity contribution >= 4 is 11.3 Å². The normalized spacial score (nSPS) is 28.9. The number of thiazole rings is 1. The number of aryl methyl sites for hydroxylation is 2. The lowest BCUT2D eigenvalue weighted by molar-refractivity contribution is 0.0510. The van der Waals surface area contributed by atoms with Crippen LogP contribution in [-0.2, 0) is 18.4 Å². The van der Waals surface area contributed by atoms with Gasteiger partial charge in [-0.3, -0.25) is 0 Å². The third kappa shape index (κ3) is 2.23. The quantitative estimate of drug-likeness (QED) is 0.891. The molecule has 1 aromatic heterocycles. The summed E-state index contributed by atoms with van der Waals surface area (Å²) in [7, 11) is 0. The third-order valence-corrected chi connectivity index (χ3v) is 6.57. The highest BCUT2D eigenvalue weighted by molar-refractivity contribution is 7.12. The minimum Gasteiger partial charge on any atom is -0.303 e. The summed E-state index contributed by atoms with van der Waals surface area (Å²) >= 11 is 2.00. The Balaban J connectivity index is 2.04. The van der Waals surface area contributed by atoms with Crippen molar-refractivity contribution in [1.29, 1.82) is 0 Å². The Kier molecular flexibility index (Phi) is 3.70. The van der Waals surface area contributed by atoms with Crippen LogP contribution in [0.15, 0.2) is 0 Å². The standard InChI is InChI=1S/C17H28N2S/c1-12(2)19-17(11-6-5-10-16(17,3)4)15-18-13-8-7-9-14(13)20-15/h12,19H,5-11H2,1-4H3. The van der Waals surface area contributed by atoms with Gasteiger partial charge >= 0.3 is 0 Å². The first-order valence-corrected chi connectivity index (χ1v) is 9.03. The summed E-state index contributed by atoms with van der Waals surface area (Å²) in [6, 6.07) is 0.506. The molecular formula is C17H28N2S. The van der Waals surface area contributed by atoms with Crippen molar-refractivity contribution in [1.82, 2.24) is 10.3 Å². The van der Waals surface area contributed by atoms with Crippen molar-refractivity contribution in [3.63, 3.8) is 0 Å². The Hall–Kier alpha value is -0.410. The van der Waals surface area contributed by atoms with E-state index in [0.29, 0.717) is 11.5 Å². The van der Waals surface area contributed by atoms with Crippen LogP contribution >= 0.6 is 11.3 Å². The van der Waals surface area contributed by atoms with E-state index in [0.717, 1.165) is 0 Å². The minimum atomic E-state index is 0.0917. The highest BCUT2D eigenvalue weighted by Crippen LogP contribution is 2.52. The first-order chi connectivity index (χ1) is 9.45. The topological polar surface area (TPSA) is 24.9 Å². The van der Waals surface area contributed by atoms with E-state index >= 15 is 0 Å². The number of nitrogens with one attached hydrogen (secondary N) is 1. The number of hydrogen-bond acceptors (Lipinski definition) is 3. The molecule has 2 aliphatic carbocycles. The Labute approximate surface area is 127 Å². The van der Waals surface area contributed by atoms with E-state index < -0.39 is 0 Å². The van der Waals surface area contributed by atoms with Crippen LogP contribution in [-0.4, -0.2) is 11.0 Å². The zero-order chi connectivity index (χ0) is 14.4. The molecule has 2 nitrogen and oxygen atoms in total. The Morgan fingerprint density at radius 3 is 2.50 bits per heavy atom. The number of aromatic nitrogens is 1. The number of rotatable bonds is 3. The van der Waals surface area contributed by atoms with Crippen molar-refractivity contribution in [2.45, 2.75) is 84.2 Å². The van der Waals surface area contributed by atoms with Crippen LogP contribution in [0.3, 0.4) is 0 Å². The van der Waals surface area contributed by atoms with Gasteiger partial charge in [-0.1, -0.05) is 26.7 Å². The molecule has 0 amide bonds. The second-order valence-corrected chi connectivity index (χ2v) is 8.62. The van der Waals surface area contributed by atoms with Gasteiger partial charge in [-0.05, 0) is 51.4 Å². The molecule has 1 fully saturated rings. The van der Waals surface area contributed by atoms with Gasteiger partial charge in [-0.25, -0.2) is 4.98 Å². The zero-order valence-electron chi connectivity index (χ0n) is 13.4. The van der Waals surface area contributed by atoms with E-state index in [-0.39, 0.29) is 5.54 Å². The van der Waals surface area contributed by atoms with E-state index in [2.05, 4.69) is 33.0 Å². The smallest absolute Gasteiger partial charge is 0.114 e. The Morgan fingerprint density at radius 1 is 1.10 bits per heavy atom. The summed E-state index contributed by atoms with van der Waals surface area (Å²) in [4.78, 5) is 6.65. The van der Waals surface area contributed by atoms with Crippen molar-refractivity contribution < 1.29 is 0 Å². The number of fused-ring (bicyclic) bond motifs is 1. The van der Waals surface area contributed by atoms with Gasteiger partial charge in [0, 0.05) is 10.9 Å². The van der Waals surface area contributed by atoms with Crippen LogP contribution in [0.25, 0.3) is 0 Å². The fourth-order valence-electron chi connectivity index (χ4n) is 4.10. The minimum absolute atomic E-state index is 0.0917. The monoisotopic (exact) mass is 292 g/mol. The first-order valence-electron chi connectivity index (χ1n) is 8.21. The lowest BCUT2D eigenvalue weighted by atomic mass is 9.63. The summed E-state index contributed by atoms with van der Waals surface area (Å²) in [6.45, 7) is 9.42. The van der Waals surface area contributed by atoms with Crippen LogP contribution in [0.4, 0.5) is 0 Å². The first kappa shape index (κ1) is 14.5. The molecule has 1 atom stereocenters. The molecule has 20 heavy (non-hydrogen) atoms. The molecule has 2 aliphatic rings. The summed E-state index contributed by atoms with van der Waals surface area (Å²) in [6.07, 6.45) is 8.99. The molecule has 112 valence electrons. The maximum Gasteiger partial charge on any atom is 0.114 e. The molecule has 1 N–H and O–H groups in total. The van der Waals surface area contributed by atoms with Crippen LogP contribution in [0.1, 0.15) is 75.4 Å². The predicted molar refractivity (Wildman–Crippen MR) is 86.3 cm³/mol. The van der Waals surface area contributed by atoms with E-state index in [1.54, 1.807) is 4.88 Å². The van der Waals surface area contributed by atoms with Gasteiger partial charge in [-0.15, -0.1) is 11.3 Å². The molecule has 3 heteroatoms. The number of nitrogens with zero attached hydrogens (tertiary/aromatic N) is 1. The van der Waals surface area contributed by atoms with Crippen LogP contribution in [0, 0.1) is 5.41 Å². The van der Waals surface area contributed by atoms with Gasteiger partial charge in [0.15, 0.2) is 0 Å². The van der Waals surface area contributed by atoms with Crippen molar-refractivity contribution in [2.24, 2.45) is 5.41 Å². The van der Waals surface area contributed by atoms with E-state index in [1.807, 2.05) is 11.3 Å². The zero-order valence-corrected chi connectivity index (χ0v) is 14.2. The Bertz CT molecular complexity index is 468. The molecule has 0 aliphatic heterocycles. The predicted octanol–water partition coefficient (Wildman–Crippen LogP) is 4.43. The van der Waals surface area contributed by atoms with Crippen LogP contribution in [0.5, 0.6) is 0 Å². The second-order valence-electron chi connectivity index (χ2n) is 7.54. The molecule has 0 spiro atoms. The molecule has 0 bridgehead atoms. The van der Waals surface area contributed by atoms with Gasteiger partial charge in [0.05, 0.1) is 11.2 Å². The summed E-state index contributed by atoms with van der Waals surface area (Å²) in [5.41, 5.74) is 1.78. The lowest BCUT2D eigenvalue weighted by Crippen LogP contribution is -2.57. The number of hydrogen-bond donors (Lipinski definition) is 1. The van der Waals surface area contributed by atoms with Gasteiger partial charge in [0.2, 0.25) is 0 Å². The summed E-state index contributed by atoms with van der Waals surface area (Å²) in [5, 5.41) is 5.31. The van der Waals surface area contributed by atoms with E-state index in [9.17, 15) is 0 Å². The molecule has 0 radical (unpaired) electrons. The summed E-state index contributed by atoms with van der Waals surface area (Å²) in [5.74, 6) is 0. The average molecular weight is 292 g/mol.